The lowest BCUT2D eigenvalue weighted by Gasteiger charge is -2.23. The van der Waals surface area contributed by atoms with Crippen LogP contribution in [0.5, 0.6) is 0 Å². The molecule has 3 aromatic rings. The van der Waals surface area contributed by atoms with Gasteiger partial charge >= 0.3 is 15.6 Å². The Labute approximate surface area is 243 Å². The fraction of sp³-hybridized carbons (Fsp3) is 0.526. The van der Waals surface area contributed by atoms with Gasteiger partial charge in [0.25, 0.3) is 5.91 Å². The number of imidazole rings is 1. The summed E-state index contributed by atoms with van der Waals surface area (Å²) in [5.74, 6) is -0.812. The number of nitrogen functional groups attached to an aromatic ring is 1. The van der Waals surface area contributed by atoms with Crippen LogP contribution in [0.25, 0.3) is 11.2 Å². The summed E-state index contributed by atoms with van der Waals surface area (Å²) in [6.07, 6.45) is -9.94. The van der Waals surface area contributed by atoms with Crippen LogP contribution in [0.1, 0.15) is 27.8 Å². The Balaban J connectivity index is 1.21. The number of hydrogen-bond acceptors (Lipinski definition) is 18. The van der Waals surface area contributed by atoms with Gasteiger partial charge in [-0.15, -0.1) is 11.3 Å². The van der Waals surface area contributed by atoms with E-state index in [-0.39, 0.29) is 27.7 Å². The van der Waals surface area contributed by atoms with Crippen LogP contribution in [0.4, 0.5) is 5.82 Å². The number of phosphoric acid groups is 2. The van der Waals surface area contributed by atoms with Crippen molar-refractivity contribution >= 4 is 49.9 Å². The molecular formula is C19H25N7O14P2S. The van der Waals surface area contributed by atoms with E-state index in [1.54, 1.807) is 0 Å². The zero-order valence-corrected chi connectivity index (χ0v) is 24.0. The van der Waals surface area contributed by atoms with Crippen LogP contribution in [-0.4, -0.2) is 110 Å². The lowest BCUT2D eigenvalue weighted by Crippen LogP contribution is -2.35. The maximum atomic E-state index is 12.6. The number of carbonyl (C=O) groups is 1. The quantitative estimate of drug-likeness (QED) is 0.0994. The predicted molar refractivity (Wildman–Crippen MR) is 139 cm³/mol. The summed E-state index contributed by atoms with van der Waals surface area (Å²) in [5, 5.41) is 42.5. The van der Waals surface area contributed by atoms with Crippen LogP contribution in [0.3, 0.4) is 0 Å². The molecule has 0 spiro atoms. The van der Waals surface area contributed by atoms with E-state index in [0.717, 1.165) is 17.7 Å². The summed E-state index contributed by atoms with van der Waals surface area (Å²) in [4.78, 5) is 47.3. The van der Waals surface area contributed by atoms with Gasteiger partial charge in [-0.25, -0.2) is 29.1 Å². The molecule has 0 aromatic carbocycles. The number of nitrogens with zero attached hydrogens (tertiary/aromatic N) is 5. The molecule has 3 aromatic heterocycles. The van der Waals surface area contributed by atoms with Gasteiger partial charge in [-0.1, -0.05) is 0 Å². The van der Waals surface area contributed by atoms with E-state index in [2.05, 4.69) is 24.2 Å². The van der Waals surface area contributed by atoms with Crippen LogP contribution in [0, 0.1) is 0 Å². The van der Waals surface area contributed by atoms with Crippen LogP contribution in [0.2, 0.25) is 0 Å². The molecule has 2 unspecified atom stereocenters. The zero-order valence-electron chi connectivity index (χ0n) is 21.4. The summed E-state index contributed by atoms with van der Waals surface area (Å²) < 4.78 is 51.3. The second kappa shape index (κ2) is 12.1. The number of anilines is 1. The lowest BCUT2D eigenvalue weighted by atomic mass is 10.1. The van der Waals surface area contributed by atoms with Crippen LogP contribution < -0.4 is 11.5 Å². The molecule has 5 heterocycles. The molecule has 236 valence electrons. The number of rotatable bonds is 11. The fourth-order valence-electron chi connectivity index (χ4n) is 4.40. The van der Waals surface area contributed by atoms with Crippen LogP contribution >= 0.6 is 27.0 Å². The van der Waals surface area contributed by atoms with E-state index in [0.29, 0.717) is 0 Å². The van der Waals surface area contributed by atoms with Crippen LogP contribution in [-0.2, 0) is 32.0 Å². The number of ether oxygens (including phenoxy) is 2. The number of aliphatic hydroxyl groups excluding tert-OH is 4. The molecule has 10 N–H and O–H groups in total. The number of primary amides is 1. The number of nitrogens with two attached hydrogens (primary N) is 2. The molecule has 0 bridgehead atoms. The number of amides is 1. The van der Waals surface area contributed by atoms with Gasteiger partial charge in [0.2, 0.25) is 0 Å². The molecule has 21 nitrogen and oxygen atoms in total. The van der Waals surface area contributed by atoms with Crippen molar-refractivity contribution in [3.8, 4) is 0 Å². The molecule has 2 aliphatic heterocycles. The molecule has 10 atom stereocenters. The number of aliphatic hydroxyl groups is 4. The second-order valence-corrected chi connectivity index (χ2v) is 13.1. The Kier molecular flexibility index (Phi) is 8.97. The standard InChI is InChI=1S/C19H25N7O14P2S/c20-15-9-17(23-4-22-15)26(5-24-9)19-11(29)10(28)8(38-19)2-36-41(32,33)40-42(34,35)39-13-7(1-27)37-14(12(13)30)18-25-6(3-43-18)16(21)31/h3-5,7-8,10-14,19,27-30H,1-2H2,(H2,21,31)(H,32,33)(H,34,35)(H2,20,22,23)/t7-,8-,10-,11-,12-,13-,14-,19-/m1/s1. The monoisotopic (exact) mass is 669 g/mol. The van der Waals surface area contributed by atoms with Gasteiger partial charge in [0.05, 0.1) is 19.5 Å². The zero-order chi connectivity index (χ0) is 31.3. The van der Waals surface area contributed by atoms with Gasteiger partial charge in [0.15, 0.2) is 17.7 Å². The molecule has 5 rings (SSSR count). The SMILES string of the molecule is NC(=O)c1csc([C@@H]2O[C@H](CO)[C@@H](OP(=O)(O)OP(=O)(O)OC[C@H]3O[C@@H](n4cnc5c(N)ncnc54)[C@H](O)[C@@H]3O)[C@H]2O)n1. The first-order valence-electron chi connectivity index (χ1n) is 12.1. The molecule has 0 radical (unpaired) electrons. The predicted octanol–water partition coefficient (Wildman–Crippen LogP) is -2.30. The summed E-state index contributed by atoms with van der Waals surface area (Å²) in [6, 6.07) is 0. The molecule has 0 aliphatic carbocycles. The number of hydrogen-bond donors (Lipinski definition) is 8. The molecule has 2 fully saturated rings. The summed E-state index contributed by atoms with van der Waals surface area (Å²) in [6.45, 7) is -1.75. The minimum atomic E-state index is -5.52. The van der Waals surface area contributed by atoms with Gasteiger partial charge in [-0.05, 0) is 0 Å². The maximum absolute atomic E-state index is 12.6. The van der Waals surface area contributed by atoms with Crippen LogP contribution in [0.15, 0.2) is 18.0 Å². The minimum Gasteiger partial charge on any atom is -0.394 e. The Hall–Kier alpha value is -2.53. The number of aromatic nitrogens is 5. The van der Waals surface area contributed by atoms with Crippen molar-refractivity contribution in [1.29, 1.82) is 0 Å². The summed E-state index contributed by atoms with van der Waals surface area (Å²) >= 11 is 0.872. The third-order valence-corrected chi connectivity index (χ3v) is 9.94. The average molecular weight is 669 g/mol. The fourth-order valence-corrected chi connectivity index (χ4v) is 7.57. The van der Waals surface area contributed by atoms with Gasteiger partial charge in [0, 0.05) is 5.38 Å². The average Bonchev–Trinajstić information content (AvgIpc) is 3.70. The van der Waals surface area contributed by atoms with Gasteiger partial charge in [0.1, 0.15) is 65.3 Å². The molecule has 0 saturated carbocycles. The minimum absolute atomic E-state index is 0.0333. The molecular weight excluding hydrogens is 644 g/mol. The Morgan fingerprint density at radius 3 is 2.49 bits per heavy atom. The normalized spacial score (nSPS) is 32.1. The van der Waals surface area contributed by atoms with Gasteiger partial charge in [-0.3, -0.25) is 18.4 Å². The highest BCUT2D eigenvalue weighted by Crippen LogP contribution is 2.62. The maximum Gasteiger partial charge on any atom is 0.481 e. The van der Waals surface area contributed by atoms with Crippen molar-refractivity contribution in [3.05, 3.63) is 28.7 Å². The van der Waals surface area contributed by atoms with E-state index < -0.39 is 83.7 Å². The first-order chi connectivity index (χ1) is 20.2. The van der Waals surface area contributed by atoms with Crippen molar-refractivity contribution in [2.75, 3.05) is 18.9 Å². The van der Waals surface area contributed by atoms with E-state index in [1.165, 1.54) is 16.3 Å². The topological polar surface area (TPSA) is 327 Å². The number of thiazole rings is 1. The molecule has 1 amide bonds. The van der Waals surface area contributed by atoms with Crippen molar-refractivity contribution in [2.45, 2.75) is 49.0 Å². The smallest absolute Gasteiger partial charge is 0.394 e. The highest BCUT2D eigenvalue weighted by atomic mass is 32.1. The lowest BCUT2D eigenvalue weighted by molar-refractivity contribution is -0.0509. The highest BCUT2D eigenvalue weighted by molar-refractivity contribution is 7.61. The second-order valence-electron chi connectivity index (χ2n) is 9.22. The van der Waals surface area contributed by atoms with Crippen molar-refractivity contribution in [1.82, 2.24) is 24.5 Å². The van der Waals surface area contributed by atoms with E-state index in [9.17, 15) is 44.1 Å². The Morgan fingerprint density at radius 2 is 1.81 bits per heavy atom. The third kappa shape index (κ3) is 6.48. The Bertz CT molecular complexity index is 1590. The number of fused-ring (bicyclic) bond motifs is 1. The highest BCUT2D eigenvalue weighted by Gasteiger charge is 2.51. The summed E-state index contributed by atoms with van der Waals surface area (Å²) in [7, 11) is -11.0. The van der Waals surface area contributed by atoms with Crippen molar-refractivity contribution in [2.24, 2.45) is 5.73 Å². The Morgan fingerprint density at radius 1 is 1.07 bits per heavy atom. The molecule has 43 heavy (non-hydrogen) atoms. The third-order valence-electron chi connectivity index (χ3n) is 6.39. The van der Waals surface area contributed by atoms with Crippen molar-refractivity contribution in [3.63, 3.8) is 0 Å². The van der Waals surface area contributed by atoms with Crippen molar-refractivity contribution < 1.29 is 67.0 Å². The van der Waals surface area contributed by atoms with E-state index >= 15 is 0 Å². The first kappa shape index (κ1) is 31.9. The molecule has 24 heteroatoms. The largest absolute Gasteiger partial charge is 0.481 e. The molecule has 2 aliphatic rings. The van der Waals surface area contributed by atoms with E-state index in [1.807, 2.05) is 0 Å². The van der Waals surface area contributed by atoms with Gasteiger partial charge < -0.3 is 51.2 Å². The van der Waals surface area contributed by atoms with E-state index in [4.69, 9.17) is 30.0 Å². The summed E-state index contributed by atoms with van der Waals surface area (Å²) in [5.41, 5.74) is 11.1. The number of phosphoric ester groups is 2. The molecule has 2 saturated heterocycles. The number of carbonyl (C=O) groups excluding carboxylic acids is 1. The first-order valence-corrected chi connectivity index (χ1v) is 15.9. The van der Waals surface area contributed by atoms with Gasteiger partial charge in [-0.2, -0.15) is 4.31 Å².